The Balaban J connectivity index is 2.51. The Kier molecular flexibility index (Phi) is 4.41. The van der Waals surface area contributed by atoms with Gasteiger partial charge in [-0.25, -0.2) is 4.98 Å². The molecule has 1 aromatic heterocycles. The lowest BCUT2D eigenvalue weighted by Crippen LogP contribution is -2.32. The van der Waals surface area contributed by atoms with E-state index in [0.717, 1.165) is 0 Å². The van der Waals surface area contributed by atoms with E-state index in [0.29, 0.717) is 12.4 Å². The molecule has 1 heterocycles. The predicted molar refractivity (Wildman–Crippen MR) is 63.5 cm³/mol. The molecule has 7 nitrogen and oxygen atoms in total. The van der Waals surface area contributed by atoms with Crippen LogP contribution in [0.2, 0.25) is 0 Å². The summed E-state index contributed by atoms with van der Waals surface area (Å²) in [5, 5.41) is 15.1. The van der Waals surface area contributed by atoms with Crippen LogP contribution in [0.15, 0.2) is 6.33 Å². The Morgan fingerprint density at radius 3 is 2.61 bits per heavy atom. The topological polar surface area (TPSA) is 99.2 Å². The van der Waals surface area contributed by atoms with Gasteiger partial charge >= 0.3 is 5.97 Å². The number of rotatable bonds is 6. The Morgan fingerprint density at radius 1 is 1.44 bits per heavy atom. The highest BCUT2D eigenvalue weighted by atomic mass is 16.4. The summed E-state index contributed by atoms with van der Waals surface area (Å²) in [5.41, 5.74) is -0.557. The number of aliphatic carboxylic acids is 1. The lowest BCUT2D eigenvalue weighted by molar-refractivity contribution is -0.140. The van der Waals surface area contributed by atoms with Gasteiger partial charge < -0.3 is 10.0 Å². The lowest BCUT2D eigenvalue weighted by Gasteiger charge is -2.25. The van der Waals surface area contributed by atoms with Crippen LogP contribution in [0.4, 0.5) is 0 Å². The third-order valence-corrected chi connectivity index (χ3v) is 2.54. The van der Waals surface area contributed by atoms with E-state index in [1.807, 2.05) is 0 Å². The fraction of sp³-hybridized carbons (Fsp3) is 0.636. The van der Waals surface area contributed by atoms with Gasteiger partial charge in [0.05, 0.1) is 13.0 Å². The molecular weight excluding hydrogens is 236 g/mol. The van der Waals surface area contributed by atoms with Crippen LogP contribution in [0.3, 0.4) is 0 Å². The van der Waals surface area contributed by atoms with Crippen LogP contribution in [0.5, 0.6) is 0 Å². The maximum atomic E-state index is 11.9. The molecule has 18 heavy (non-hydrogen) atoms. The minimum atomic E-state index is -0.898. The molecule has 0 atom stereocenters. The second kappa shape index (κ2) is 5.61. The predicted octanol–water partition coefficient (Wildman–Crippen LogP) is 0.654. The van der Waals surface area contributed by atoms with Crippen LogP contribution in [-0.2, 0) is 16.1 Å². The highest BCUT2D eigenvalue weighted by Crippen LogP contribution is 2.25. The van der Waals surface area contributed by atoms with Crippen LogP contribution in [-0.4, -0.2) is 44.1 Å². The normalized spacial score (nSPS) is 11.3. The Bertz CT molecular complexity index is 414. The molecule has 1 amide bonds. The van der Waals surface area contributed by atoms with Crippen LogP contribution < -0.4 is 0 Å². The number of hydrogen-bond acceptors (Lipinski definition) is 4. The maximum Gasteiger partial charge on any atom is 0.303 e. The Labute approximate surface area is 105 Å². The fourth-order valence-corrected chi connectivity index (χ4v) is 1.64. The zero-order valence-corrected chi connectivity index (χ0v) is 10.8. The number of amides is 1. The number of aromatic nitrogens is 3. The van der Waals surface area contributed by atoms with Gasteiger partial charge in [-0.15, -0.1) is 0 Å². The van der Waals surface area contributed by atoms with Gasteiger partial charge in [0, 0.05) is 13.5 Å². The SMILES string of the molecule is CN(Cc1ncn[nH]1)C(=O)CC(C)(C)CC(=O)O. The van der Waals surface area contributed by atoms with Gasteiger partial charge in [-0.05, 0) is 5.41 Å². The summed E-state index contributed by atoms with van der Waals surface area (Å²) in [6.07, 6.45) is 1.53. The molecule has 0 aliphatic rings. The number of carbonyl (C=O) groups excluding carboxylic acids is 1. The molecular formula is C11H18N4O3. The smallest absolute Gasteiger partial charge is 0.303 e. The lowest BCUT2D eigenvalue weighted by atomic mass is 9.85. The number of carboxylic acids is 1. The van der Waals surface area contributed by atoms with E-state index in [9.17, 15) is 9.59 Å². The fourth-order valence-electron chi connectivity index (χ4n) is 1.64. The van der Waals surface area contributed by atoms with Crippen LogP contribution in [0.25, 0.3) is 0 Å². The quantitative estimate of drug-likeness (QED) is 0.776. The van der Waals surface area contributed by atoms with Gasteiger partial charge in [0.25, 0.3) is 0 Å². The van der Waals surface area contributed by atoms with Gasteiger partial charge in [0.15, 0.2) is 0 Å². The summed E-state index contributed by atoms with van der Waals surface area (Å²) in [6.45, 7) is 3.87. The van der Waals surface area contributed by atoms with Gasteiger partial charge in [-0.2, -0.15) is 5.10 Å². The Hall–Kier alpha value is -1.92. The Morgan fingerprint density at radius 2 is 2.11 bits per heavy atom. The third kappa shape index (κ3) is 4.52. The standard InChI is InChI=1S/C11H18N4O3/c1-11(2,5-10(17)18)4-9(16)15(3)6-8-12-7-13-14-8/h7H,4-6H2,1-3H3,(H,17,18)(H,12,13,14). The van der Waals surface area contributed by atoms with Gasteiger partial charge in [0.1, 0.15) is 12.2 Å². The molecule has 1 rings (SSSR count). The zero-order valence-electron chi connectivity index (χ0n) is 10.8. The molecule has 7 heteroatoms. The van der Waals surface area contributed by atoms with Crippen molar-refractivity contribution >= 4 is 11.9 Å². The molecule has 0 unspecified atom stereocenters. The van der Waals surface area contributed by atoms with E-state index in [2.05, 4.69) is 15.2 Å². The minimum absolute atomic E-state index is 0.0328. The first-order valence-electron chi connectivity index (χ1n) is 5.60. The number of carbonyl (C=O) groups is 2. The number of hydrogen-bond donors (Lipinski definition) is 2. The van der Waals surface area contributed by atoms with Crippen molar-refractivity contribution in [3.63, 3.8) is 0 Å². The zero-order chi connectivity index (χ0) is 13.8. The van der Waals surface area contributed by atoms with E-state index >= 15 is 0 Å². The van der Waals surface area contributed by atoms with Crippen LogP contribution in [0.1, 0.15) is 32.5 Å². The van der Waals surface area contributed by atoms with Crippen LogP contribution in [0, 0.1) is 5.41 Å². The summed E-state index contributed by atoms with van der Waals surface area (Å²) in [6, 6.07) is 0. The van der Waals surface area contributed by atoms with E-state index in [4.69, 9.17) is 5.11 Å². The van der Waals surface area contributed by atoms with Gasteiger partial charge in [0.2, 0.25) is 5.91 Å². The molecule has 0 saturated carbocycles. The summed E-state index contributed by atoms with van der Waals surface area (Å²) in [4.78, 5) is 28.0. The summed E-state index contributed by atoms with van der Waals surface area (Å²) in [7, 11) is 1.65. The molecule has 0 saturated heterocycles. The molecule has 1 aromatic rings. The molecule has 0 spiro atoms. The second-order valence-electron chi connectivity index (χ2n) is 5.09. The van der Waals surface area contributed by atoms with Gasteiger partial charge in [-0.3, -0.25) is 14.7 Å². The number of nitrogens with zero attached hydrogens (tertiary/aromatic N) is 3. The van der Waals surface area contributed by atoms with E-state index in [1.54, 1.807) is 20.9 Å². The van der Waals surface area contributed by atoms with Crippen molar-refractivity contribution in [2.75, 3.05) is 7.05 Å². The first kappa shape index (κ1) is 14.1. The number of nitrogens with one attached hydrogen (secondary N) is 1. The van der Waals surface area contributed by atoms with Crippen molar-refractivity contribution in [1.82, 2.24) is 20.1 Å². The molecule has 0 aliphatic carbocycles. The monoisotopic (exact) mass is 254 g/mol. The van der Waals surface area contributed by atoms with Crippen molar-refractivity contribution in [3.8, 4) is 0 Å². The first-order chi connectivity index (χ1) is 8.30. The molecule has 0 radical (unpaired) electrons. The van der Waals surface area contributed by atoms with Crippen LogP contribution >= 0.6 is 0 Å². The maximum absolute atomic E-state index is 11.9. The highest BCUT2D eigenvalue weighted by Gasteiger charge is 2.26. The number of aromatic amines is 1. The van der Waals surface area contributed by atoms with Crippen molar-refractivity contribution < 1.29 is 14.7 Å². The summed E-state index contributed by atoms with van der Waals surface area (Å²) in [5.74, 6) is -0.412. The molecule has 2 N–H and O–H groups in total. The summed E-state index contributed by atoms with van der Waals surface area (Å²) < 4.78 is 0. The largest absolute Gasteiger partial charge is 0.481 e. The molecule has 100 valence electrons. The first-order valence-corrected chi connectivity index (χ1v) is 5.60. The van der Waals surface area contributed by atoms with E-state index in [1.165, 1.54) is 11.2 Å². The third-order valence-electron chi connectivity index (χ3n) is 2.54. The van der Waals surface area contributed by atoms with E-state index in [-0.39, 0.29) is 18.7 Å². The molecule has 0 aliphatic heterocycles. The second-order valence-corrected chi connectivity index (χ2v) is 5.09. The van der Waals surface area contributed by atoms with E-state index < -0.39 is 11.4 Å². The average molecular weight is 254 g/mol. The highest BCUT2D eigenvalue weighted by molar-refractivity contribution is 5.77. The van der Waals surface area contributed by atoms with Crippen molar-refractivity contribution in [3.05, 3.63) is 12.2 Å². The molecule has 0 bridgehead atoms. The van der Waals surface area contributed by atoms with Gasteiger partial charge in [-0.1, -0.05) is 13.8 Å². The van der Waals surface area contributed by atoms with Crippen molar-refractivity contribution in [2.45, 2.75) is 33.2 Å². The van der Waals surface area contributed by atoms with Crippen molar-refractivity contribution in [1.29, 1.82) is 0 Å². The number of H-pyrrole nitrogens is 1. The average Bonchev–Trinajstić information content (AvgIpc) is 2.67. The summed E-state index contributed by atoms with van der Waals surface area (Å²) >= 11 is 0. The molecule has 0 aromatic carbocycles. The minimum Gasteiger partial charge on any atom is -0.481 e. The van der Waals surface area contributed by atoms with Crippen molar-refractivity contribution in [2.24, 2.45) is 5.41 Å². The number of carboxylic acid groups (broad SMARTS) is 1. The molecule has 0 fully saturated rings.